The lowest BCUT2D eigenvalue weighted by molar-refractivity contribution is 0.776. The number of hydrogen-bond acceptors (Lipinski definition) is 3. The van der Waals surface area contributed by atoms with Crippen molar-refractivity contribution in [1.29, 1.82) is 0 Å². The number of fused-ring (bicyclic) bond motifs is 1. The summed E-state index contributed by atoms with van der Waals surface area (Å²) in [4.78, 5) is 13.1. The van der Waals surface area contributed by atoms with E-state index in [-0.39, 0.29) is 5.92 Å². The van der Waals surface area contributed by atoms with Gasteiger partial charge in [-0.3, -0.25) is 4.98 Å². The fourth-order valence-electron chi connectivity index (χ4n) is 2.18. The van der Waals surface area contributed by atoms with E-state index in [2.05, 4.69) is 28.8 Å². The molecule has 4 heteroatoms. The maximum Gasteiger partial charge on any atom is 0.133 e. The smallest absolute Gasteiger partial charge is 0.133 e. The van der Waals surface area contributed by atoms with Crippen LogP contribution in [0.3, 0.4) is 0 Å². The molecule has 2 aromatic heterocycles. The van der Waals surface area contributed by atoms with Gasteiger partial charge >= 0.3 is 0 Å². The maximum atomic E-state index is 6.13. The first kappa shape index (κ1) is 13.0. The van der Waals surface area contributed by atoms with Crippen molar-refractivity contribution in [2.24, 2.45) is 0 Å². The van der Waals surface area contributed by atoms with Crippen LogP contribution in [0, 0.1) is 0 Å². The molecule has 1 aromatic carbocycles. The van der Waals surface area contributed by atoms with Crippen LogP contribution in [0.1, 0.15) is 25.6 Å². The summed E-state index contributed by atoms with van der Waals surface area (Å²) < 4.78 is 0. The summed E-state index contributed by atoms with van der Waals surface area (Å²) >= 11 is 6.13. The Kier molecular flexibility index (Phi) is 3.36. The highest BCUT2D eigenvalue weighted by atomic mass is 35.5. The van der Waals surface area contributed by atoms with E-state index in [9.17, 15) is 0 Å². The molecule has 0 N–H and O–H groups in total. The topological polar surface area (TPSA) is 38.7 Å². The zero-order valence-electron chi connectivity index (χ0n) is 11.3. The van der Waals surface area contributed by atoms with E-state index in [1.807, 2.05) is 36.5 Å². The van der Waals surface area contributed by atoms with Crippen LogP contribution in [0.15, 0.2) is 42.7 Å². The van der Waals surface area contributed by atoms with Crippen molar-refractivity contribution >= 4 is 22.4 Å². The number of benzene rings is 1. The molecule has 0 amide bonds. The van der Waals surface area contributed by atoms with Crippen LogP contribution in [0.5, 0.6) is 0 Å². The van der Waals surface area contributed by atoms with E-state index in [4.69, 9.17) is 11.6 Å². The van der Waals surface area contributed by atoms with Crippen molar-refractivity contribution in [2.75, 3.05) is 0 Å². The third-order valence-electron chi connectivity index (χ3n) is 3.19. The molecule has 0 fully saturated rings. The van der Waals surface area contributed by atoms with Gasteiger partial charge in [-0.25, -0.2) is 9.97 Å². The molecule has 3 nitrogen and oxygen atoms in total. The molecule has 0 spiro atoms. The largest absolute Gasteiger partial charge is 0.264 e. The van der Waals surface area contributed by atoms with Crippen molar-refractivity contribution in [3.63, 3.8) is 0 Å². The number of hydrogen-bond donors (Lipinski definition) is 0. The van der Waals surface area contributed by atoms with E-state index in [1.165, 1.54) is 0 Å². The van der Waals surface area contributed by atoms with Crippen LogP contribution in [0.25, 0.3) is 22.0 Å². The van der Waals surface area contributed by atoms with Gasteiger partial charge < -0.3 is 0 Å². The fourth-order valence-corrected chi connectivity index (χ4v) is 2.37. The standard InChI is InChI=1S/C16H14ClN3/c1-10(2)16-19-14(8-15(17)20-16)13-5-3-4-11-9-18-7-6-12(11)13/h3-10H,1-2H3. The normalized spacial score (nSPS) is 11.2. The molecule has 0 saturated heterocycles. The van der Waals surface area contributed by atoms with E-state index in [0.29, 0.717) is 5.15 Å². The van der Waals surface area contributed by atoms with E-state index >= 15 is 0 Å². The van der Waals surface area contributed by atoms with Crippen molar-refractivity contribution < 1.29 is 0 Å². The molecular formula is C16H14ClN3. The van der Waals surface area contributed by atoms with Crippen LogP contribution >= 0.6 is 11.6 Å². The average molecular weight is 284 g/mol. The minimum atomic E-state index is 0.240. The Morgan fingerprint density at radius 1 is 1.10 bits per heavy atom. The van der Waals surface area contributed by atoms with Crippen molar-refractivity contribution in [3.05, 3.63) is 53.7 Å². The Morgan fingerprint density at radius 2 is 1.95 bits per heavy atom. The second-order valence-electron chi connectivity index (χ2n) is 4.99. The first-order chi connectivity index (χ1) is 9.65. The number of pyridine rings is 1. The Labute approximate surface area is 122 Å². The van der Waals surface area contributed by atoms with Gasteiger partial charge in [-0.2, -0.15) is 0 Å². The van der Waals surface area contributed by atoms with Crippen LogP contribution in [0.2, 0.25) is 5.15 Å². The van der Waals surface area contributed by atoms with Crippen LogP contribution in [-0.4, -0.2) is 15.0 Å². The van der Waals surface area contributed by atoms with Crippen molar-refractivity contribution in [2.45, 2.75) is 19.8 Å². The second kappa shape index (κ2) is 5.17. The zero-order valence-corrected chi connectivity index (χ0v) is 12.1. The van der Waals surface area contributed by atoms with Crippen molar-refractivity contribution in [1.82, 2.24) is 15.0 Å². The van der Waals surface area contributed by atoms with Gasteiger partial charge in [0.15, 0.2) is 0 Å². The number of nitrogens with zero attached hydrogens (tertiary/aromatic N) is 3. The molecule has 0 aliphatic rings. The highest BCUT2D eigenvalue weighted by Crippen LogP contribution is 2.28. The van der Waals surface area contributed by atoms with Crippen LogP contribution in [0.4, 0.5) is 0 Å². The minimum absolute atomic E-state index is 0.240. The Bertz CT molecular complexity index is 763. The molecule has 20 heavy (non-hydrogen) atoms. The van der Waals surface area contributed by atoms with Gasteiger partial charge in [0, 0.05) is 35.3 Å². The molecule has 0 aliphatic carbocycles. The zero-order chi connectivity index (χ0) is 14.1. The van der Waals surface area contributed by atoms with Crippen molar-refractivity contribution in [3.8, 4) is 11.3 Å². The lowest BCUT2D eigenvalue weighted by Gasteiger charge is -2.09. The summed E-state index contributed by atoms with van der Waals surface area (Å²) in [6.07, 6.45) is 3.64. The Hall–Kier alpha value is -2.00. The van der Waals surface area contributed by atoms with Crippen LogP contribution < -0.4 is 0 Å². The van der Waals surface area contributed by atoms with Gasteiger partial charge in [0.05, 0.1) is 5.69 Å². The summed E-state index contributed by atoms with van der Waals surface area (Å²) in [5, 5.41) is 2.68. The molecule has 2 heterocycles. The predicted molar refractivity (Wildman–Crippen MR) is 81.9 cm³/mol. The summed E-state index contributed by atoms with van der Waals surface area (Å²) in [5.41, 5.74) is 1.90. The maximum absolute atomic E-state index is 6.13. The van der Waals surface area contributed by atoms with Crippen LogP contribution in [-0.2, 0) is 0 Å². The Morgan fingerprint density at radius 3 is 2.75 bits per heavy atom. The summed E-state index contributed by atoms with van der Waals surface area (Å²) in [6, 6.07) is 9.89. The van der Waals surface area contributed by atoms with Gasteiger partial charge in [0.2, 0.25) is 0 Å². The molecule has 0 aliphatic heterocycles. The monoisotopic (exact) mass is 283 g/mol. The summed E-state index contributed by atoms with van der Waals surface area (Å²) in [7, 11) is 0. The lowest BCUT2D eigenvalue weighted by atomic mass is 10.0. The number of rotatable bonds is 2. The number of aromatic nitrogens is 3. The highest BCUT2D eigenvalue weighted by Gasteiger charge is 2.10. The molecule has 0 unspecified atom stereocenters. The molecule has 3 aromatic rings. The molecule has 3 rings (SSSR count). The minimum Gasteiger partial charge on any atom is -0.264 e. The summed E-state index contributed by atoms with van der Waals surface area (Å²) in [5.74, 6) is 1.00. The van der Waals surface area contributed by atoms with E-state index < -0.39 is 0 Å². The molecule has 100 valence electrons. The second-order valence-corrected chi connectivity index (χ2v) is 5.38. The molecular weight excluding hydrogens is 270 g/mol. The molecule has 0 bridgehead atoms. The third kappa shape index (κ3) is 2.37. The SMILES string of the molecule is CC(C)c1nc(Cl)cc(-c2cccc3cnccc23)n1. The van der Waals surface area contributed by atoms with E-state index in [1.54, 1.807) is 6.20 Å². The predicted octanol–water partition coefficient (Wildman–Crippen LogP) is 4.47. The van der Waals surface area contributed by atoms with Gasteiger partial charge in [-0.05, 0) is 11.5 Å². The molecule has 0 saturated carbocycles. The third-order valence-corrected chi connectivity index (χ3v) is 3.38. The van der Waals surface area contributed by atoms with Gasteiger partial charge in [0.25, 0.3) is 0 Å². The molecule has 0 atom stereocenters. The molecule has 0 radical (unpaired) electrons. The quantitative estimate of drug-likeness (QED) is 0.651. The first-order valence-corrected chi connectivity index (χ1v) is 6.90. The Balaban J connectivity index is 2.25. The van der Waals surface area contributed by atoms with Gasteiger partial charge in [-0.15, -0.1) is 0 Å². The lowest BCUT2D eigenvalue weighted by Crippen LogP contribution is -1.99. The average Bonchev–Trinajstić information content (AvgIpc) is 2.46. The number of halogens is 1. The van der Waals surface area contributed by atoms with Gasteiger partial charge in [-0.1, -0.05) is 43.6 Å². The van der Waals surface area contributed by atoms with Gasteiger partial charge in [0.1, 0.15) is 11.0 Å². The summed E-state index contributed by atoms with van der Waals surface area (Å²) in [6.45, 7) is 4.12. The van der Waals surface area contributed by atoms with E-state index in [0.717, 1.165) is 27.9 Å². The highest BCUT2D eigenvalue weighted by molar-refractivity contribution is 6.29. The first-order valence-electron chi connectivity index (χ1n) is 6.53. The fraction of sp³-hybridized carbons (Fsp3) is 0.188.